The molecule has 1 aromatic carbocycles. The molecule has 8 heteroatoms. The Kier molecular flexibility index (Phi) is 8.97. The van der Waals surface area contributed by atoms with E-state index in [1.54, 1.807) is 34.6 Å². The zero-order chi connectivity index (χ0) is 24.9. The largest absolute Gasteiger partial charge is 0.381 e. The molecule has 0 aliphatic carbocycles. The van der Waals surface area contributed by atoms with E-state index in [0.29, 0.717) is 42.9 Å². The van der Waals surface area contributed by atoms with Gasteiger partial charge in [0.1, 0.15) is 5.82 Å². The summed E-state index contributed by atoms with van der Waals surface area (Å²) in [5.41, 5.74) is 1.46. The molecule has 6 nitrogen and oxygen atoms in total. The van der Waals surface area contributed by atoms with Crippen LogP contribution in [0.1, 0.15) is 54.4 Å². The fraction of sp³-hybridized carbons (Fsp3) is 0.480. The lowest BCUT2D eigenvalue weighted by molar-refractivity contribution is -0.137. The number of nitrogens with one attached hydrogen (secondary N) is 2. The highest BCUT2D eigenvalue weighted by Crippen LogP contribution is 2.27. The third-order valence-electron chi connectivity index (χ3n) is 5.72. The van der Waals surface area contributed by atoms with Gasteiger partial charge in [0.15, 0.2) is 0 Å². The smallest absolute Gasteiger partial charge is 0.292 e. The van der Waals surface area contributed by atoms with Crippen LogP contribution in [0.25, 0.3) is 0 Å². The Balaban J connectivity index is 2.36. The van der Waals surface area contributed by atoms with Gasteiger partial charge in [-0.05, 0) is 70.2 Å². The number of ether oxygens (including phenoxy) is 1. The highest BCUT2D eigenvalue weighted by molar-refractivity contribution is 6.43. The van der Waals surface area contributed by atoms with Gasteiger partial charge in [-0.25, -0.2) is 4.39 Å². The second-order valence-electron chi connectivity index (χ2n) is 9.11. The average molecular weight is 479 g/mol. The van der Waals surface area contributed by atoms with Crippen molar-refractivity contribution in [2.45, 2.75) is 59.9 Å². The van der Waals surface area contributed by atoms with Crippen molar-refractivity contribution in [2.24, 2.45) is 5.92 Å². The van der Waals surface area contributed by atoms with Gasteiger partial charge in [0.2, 0.25) is 5.78 Å². The van der Waals surface area contributed by atoms with E-state index in [-0.39, 0.29) is 22.1 Å². The Bertz CT molecular complexity index is 1000. The minimum absolute atomic E-state index is 0.116. The van der Waals surface area contributed by atoms with E-state index in [4.69, 9.17) is 16.3 Å². The number of amides is 2. The first-order valence-corrected chi connectivity index (χ1v) is 11.3. The van der Waals surface area contributed by atoms with Crippen LogP contribution in [0.5, 0.6) is 0 Å². The monoisotopic (exact) mass is 478 g/mol. The number of allylic oxidation sites excluding steroid dienone is 1. The van der Waals surface area contributed by atoms with Gasteiger partial charge in [-0.3, -0.25) is 14.4 Å². The molecule has 1 heterocycles. The molecule has 0 spiro atoms. The molecule has 0 aromatic heterocycles. The zero-order valence-corrected chi connectivity index (χ0v) is 20.8. The van der Waals surface area contributed by atoms with Crippen LogP contribution < -0.4 is 10.6 Å². The van der Waals surface area contributed by atoms with Crippen molar-refractivity contribution in [3.05, 3.63) is 51.3 Å². The summed E-state index contributed by atoms with van der Waals surface area (Å²) in [5, 5.41) is 5.45. The van der Waals surface area contributed by atoms with Gasteiger partial charge < -0.3 is 15.4 Å². The van der Waals surface area contributed by atoms with Crippen LogP contribution in [0, 0.1) is 11.7 Å². The third kappa shape index (κ3) is 6.74. The van der Waals surface area contributed by atoms with E-state index in [1.165, 1.54) is 12.1 Å². The highest BCUT2D eigenvalue weighted by atomic mass is 35.5. The molecule has 1 aliphatic heterocycles. The Morgan fingerprint density at radius 1 is 1.09 bits per heavy atom. The molecule has 0 saturated carbocycles. The van der Waals surface area contributed by atoms with Gasteiger partial charge in [0.25, 0.3) is 11.8 Å². The summed E-state index contributed by atoms with van der Waals surface area (Å²) < 4.78 is 18.8. The standard InChI is InChI=1S/C25H32ClFN2O4/c1-14(2)20(22(30)24(32)29-25(6)9-11-33-12-10-25)16(5)21(15(3)4)23(31)28-17-7-8-19(27)18(26)13-17/h7-8,13-14H,9-12H2,1-6H3,(H,28,31)(H,29,32)/b20-16+. The normalized spacial score (nSPS) is 16.0. The topological polar surface area (TPSA) is 84.5 Å². The molecule has 1 aromatic rings. The van der Waals surface area contributed by atoms with E-state index in [2.05, 4.69) is 10.6 Å². The molecule has 1 fully saturated rings. The minimum atomic E-state index is -0.693. The molecule has 2 N–H and O–H groups in total. The Morgan fingerprint density at radius 3 is 2.21 bits per heavy atom. The van der Waals surface area contributed by atoms with Crippen LogP contribution in [0.4, 0.5) is 10.1 Å². The molecule has 2 amide bonds. The van der Waals surface area contributed by atoms with Crippen molar-refractivity contribution in [3.8, 4) is 0 Å². The first kappa shape index (κ1) is 26.7. The lowest BCUT2D eigenvalue weighted by Gasteiger charge is -2.34. The van der Waals surface area contributed by atoms with E-state index < -0.39 is 29.0 Å². The van der Waals surface area contributed by atoms with Gasteiger partial charge in [-0.1, -0.05) is 31.0 Å². The fourth-order valence-electron chi connectivity index (χ4n) is 3.94. The lowest BCUT2D eigenvalue weighted by Crippen LogP contribution is -2.52. The average Bonchev–Trinajstić information content (AvgIpc) is 2.70. The van der Waals surface area contributed by atoms with E-state index in [0.717, 1.165) is 6.07 Å². The summed E-state index contributed by atoms with van der Waals surface area (Å²) in [6.07, 6.45) is 1.24. The number of carbonyl (C=O) groups excluding carboxylic acids is 3. The molecule has 0 atom stereocenters. The number of ketones is 1. The highest BCUT2D eigenvalue weighted by Gasteiger charge is 2.34. The third-order valence-corrected chi connectivity index (χ3v) is 6.01. The summed E-state index contributed by atoms with van der Waals surface area (Å²) in [6, 6.07) is 3.87. The Labute approximate surface area is 199 Å². The van der Waals surface area contributed by atoms with E-state index in [1.807, 2.05) is 6.92 Å². The number of hydrogen-bond acceptors (Lipinski definition) is 4. The maximum Gasteiger partial charge on any atom is 0.292 e. The predicted octanol–water partition coefficient (Wildman–Crippen LogP) is 4.98. The molecule has 2 rings (SSSR count). The number of benzene rings is 1. The molecule has 33 heavy (non-hydrogen) atoms. The number of carbonyl (C=O) groups is 3. The molecule has 1 saturated heterocycles. The van der Waals surface area contributed by atoms with Crippen molar-refractivity contribution < 1.29 is 23.5 Å². The van der Waals surface area contributed by atoms with Crippen LogP contribution >= 0.6 is 11.6 Å². The molecule has 180 valence electrons. The quantitative estimate of drug-likeness (QED) is 0.329. The molecule has 1 aliphatic rings. The molecular formula is C25H32ClFN2O4. The van der Waals surface area contributed by atoms with Crippen LogP contribution in [0.2, 0.25) is 5.02 Å². The second kappa shape index (κ2) is 11.1. The summed E-state index contributed by atoms with van der Waals surface area (Å²) in [5.74, 6) is -2.72. The van der Waals surface area contributed by atoms with Gasteiger partial charge in [0, 0.05) is 35.6 Å². The van der Waals surface area contributed by atoms with Crippen molar-refractivity contribution in [2.75, 3.05) is 18.5 Å². The molecule has 0 bridgehead atoms. The molecular weight excluding hydrogens is 447 g/mol. The van der Waals surface area contributed by atoms with Crippen LogP contribution in [0.15, 0.2) is 40.5 Å². The van der Waals surface area contributed by atoms with Gasteiger partial charge in [-0.15, -0.1) is 0 Å². The molecule has 0 radical (unpaired) electrons. The first-order valence-electron chi connectivity index (χ1n) is 11.0. The number of Topliss-reactive ketones (excluding diaryl/α,β-unsaturated/α-hetero) is 1. The number of rotatable bonds is 7. The maximum atomic E-state index is 13.5. The van der Waals surface area contributed by atoms with Crippen LogP contribution in [0.3, 0.4) is 0 Å². The number of anilines is 1. The number of halogens is 2. The van der Waals surface area contributed by atoms with Crippen molar-refractivity contribution in [1.29, 1.82) is 0 Å². The predicted molar refractivity (Wildman–Crippen MR) is 128 cm³/mol. The van der Waals surface area contributed by atoms with E-state index >= 15 is 0 Å². The summed E-state index contributed by atoms with van der Waals surface area (Å²) in [6.45, 7) is 11.7. The summed E-state index contributed by atoms with van der Waals surface area (Å²) >= 11 is 5.82. The lowest BCUT2D eigenvalue weighted by atomic mass is 9.87. The summed E-state index contributed by atoms with van der Waals surface area (Å²) in [4.78, 5) is 39.2. The summed E-state index contributed by atoms with van der Waals surface area (Å²) in [7, 11) is 0. The van der Waals surface area contributed by atoms with Crippen LogP contribution in [-0.4, -0.2) is 36.4 Å². The maximum absolute atomic E-state index is 13.5. The molecule has 0 unspecified atom stereocenters. The van der Waals surface area contributed by atoms with Gasteiger partial charge in [-0.2, -0.15) is 0 Å². The fourth-order valence-corrected chi connectivity index (χ4v) is 4.12. The van der Waals surface area contributed by atoms with Crippen molar-refractivity contribution in [3.63, 3.8) is 0 Å². The van der Waals surface area contributed by atoms with E-state index in [9.17, 15) is 18.8 Å². The Morgan fingerprint density at radius 2 is 1.70 bits per heavy atom. The van der Waals surface area contributed by atoms with Crippen molar-refractivity contribution >= 4 is 34.9 Å². The first-order chi connectivity index (χ1) is 15.4. The Hall–Kier alpha value is -2.51. The van der Waals surface area contributed by atoms with Gasteiger partial charge in [0.05, 0.1) is 5.02 Å². The number of hydrogen-bond donors (Lipinski definition) is 2. The second-order valence-corrected chi connectivity index (χ2v) is 9.51. The zero-order valence-electron chi connectivity index (χ0n) is 20.0. The SMILES string of the molecule is CC(C)=C(C(=O)Nc1ccc(F)c(Cl)c1)/C(C)=C(/C(=O)C(=O)NC1(C)CCOCC1)C(C)C. The van der Waals surface area contributed by atoms with Gasteiger partial charge >= 0.3 is 0 Å². The van der Waals surface area contributed by atoms with Crippen molar-refractivity contribution in [1.82, 2.24) is 5.32 Å². The van der Waals surface area contributed by atoms with Crippen LogP contribution in [-0.2, 0) is 19.1 Å². The minimum Gasteiger partial charge on any atom is -0.381 e.